The van der Waals surface area contributed by atoms with Crippen LogP contribution in [0.4, 0.5) is 0 Å². The molecular formula is C12H8ClN3S. The van der Waals surface area contributed by atoms with E-state index in [1.54, 1.807) is 17.7 Å². The lowest BCUT2D eigenvalue weighted by Crippen LogP contribution is -1.94. The molecule has 0 aliphatic heterocycles. The molecule has 1 aromatic carbocycles. The summed E-state index contributed by atoms with van der Waals surface area (Å²) in [4.78, 5) is 0.938. The number of para-hydroxylation sites is 1. The molecule has 5 heteroatoms. The summed E-state index contributed by atoms with van der Waals surface area (Å²) in [5.41, 5.74) is 1.02. The van der Waals surface area contributed by atoms with Gasteiger partial charge in [0.2, 0.25) is 0 Å². The number of thiophene rings is 1. The number of halogens is 1. The molecule has 0 unspecified atom stereocenters. The topological polar surface area (TPSA) is 30.7 Å². The van der Waals surface area contributed by atoms with Gasteiger partial charge in [-0.3, -0.25) is 4.57 Å². The maximum absolute atomic E-state index is 6.12. The van der Waals surface area contributed by atoms with E-state index in [1.165, 1.54) is 0 Å². The van der Waals surface area contributed by atoms with Gasteiger partial charge in [0.05, 0.1) is 9.90 Å². The van der Waals surface area contributed by atoms with Crippen LogP contribution in [-0.2, 0) is 0 Å². The minimum Gasteiger partial charge on any atom is -0.281 e. The highest BCUT2D eigenvalue weighted by Crippen LogP contribution is 2.32. The van der Waals surface area contributed by atoms with Gasteiger partial charge in [-0.2, -0.15) is 0 Å². The standard InChI is InChI=1S/C12H8ClN3S/c13-10-6-7-17-11(10)12-15-14-8-16(12)9-4-2-1-3-5-9/h1-8H. The van der Waals surface area contributed by atoms with Crippen LogP contribution in [0.25, 0.3) is 16.4 Å². The molecule has 0 spiro atoms. The van der Waals surface area contributed by atoms with Crippen molar-refractivity contribution in [3.05, 3.63) is 53.1 Å². The average Bonchev–Trinajstić information content (AvgIpc) is 2.98. The smallest absolute Gasteiger partial charge is 0.179 e. The number of benzene rings is 1. The lowest BCUT2D eigenvalue weighted by atomic mass is 10.3. The van der Waals surface area contributed by atoms with Gasteiger partial charge in [0.1, 0.15) is 6.33 Å². The summed E-state index contributed by atoms with van der Waals surface area (Å²) in [5.74, 6) is 0.774. The molecule has 0 aliphatic carbocycles. The molecule has 0 saturated carbocycles. The van der Waals surface area contributed by atoms with Crippen molar-refractivity contribution in [1.29, 1.82) is 0 Å². The van der Waals surface area contributed by atoms with E-state index in [-0.39, 0.29) is 0 Å². The highest BCUT2D eigenvalue weighted by atomic mass is 35.5. The predicted octanol–water partition coefficient (Wildman–Crippen LogP) is 3.65. The molecule has 3 aromatic rings. The predicted molar refractivity (Wildman–Crippen MR) is 69.7 cm³/mol. The van der Waals surface area contributed by atoms with Crippen molar-refractivity contribution in [1.82, 2.24) is 14.8 Å². The lowest BCUT2D eigenvalue weighted by molar-refractivity contribution is 1.07. The number of nitrogens with zero attached hydrogens (tertiary/aromatic N) is 3. The van der Waals surface area contributed by atoms with Gasteiger partial charge in [-0.25, -0.2) is 0 Å². The Labute approximate surface area is 107 Å². The summed E-state index contributed by atoms with van der Waals surface area (Å²) in [7, 11) is 0. The molecule has 0 aliphatic rings. The zero-order valence-electron chi connectivity index (χ0n) is 8.75. The Morgan fingerprint density at radius 1 is 1.12 bits per heavy atom. The van der Waals surface area contributed by atoms with Gasteiger partial charge in [0, 0.05) is 5.69 Å². The zero-order chi connectivity index (χ0) is 11.7. The average molecular weight is 262 g/mol. The maximum atomic E-state index is 6.12. The van der Waals surface area contributed by atoms with Crippen molar-refractivity contribution in [3.8, 4) is 16.4 Å². The van der Waals surface area contributed by atoms with Crippen molar-refractivity contribution in [2.24, 2.45) is 0 Å². The first kappa shape index (κ1) is 10.5. The van der Waals surface area contributed by atoms with Crippen molar-refractivity contribution in [3.63, 3.8) is 0 Å². The van der Waals surface area contributed by atoms with E-state index in [0.717, 1.165) is 16.4 Å². The fourth-order valence-corrected chi connectivity index (χ4v) is 2.74. The molecule has 84 valence electrons. The first-order valence-corrected chi connectivity index (χ1v) is 6.31. The number of aromatic nitrogens is 3. The zero-order valence-corrected chi connectivity index (χ0v) is 10.3. The second-order valence-electron chi connectivity index (χ2n) is 3.46. The second kappa shape index (κ2) is 4.31. The first-order valence-electron chi connectivity index (χ1n) is 5.05. The van der Waals surface area contributed by atoms with E-state index >= 15 is 0 Å². The van der Waals surface area contributed by atoms with E-state index < -0.39 is 0 Å². The summed E-state index contributed by atoms with van der Waals surface area (Å²) >= 11 is 7.68. The highest BCUT2D eigenvalue weighted by Gasteiger charge is 2.13. The number of hydrogen-bond acceptors (Lipinski definition) is 3. The van der Waals surface area contributed by atoms with Crippen LogP contribution in [-0.4, -0.2) is 14.8 Å². The van der Waals surface area contributed by atoms with Crippen molar-refractivity contribution < 1.29 is 0 Å². The van der Waals surface area contributed by atoms with Crippen LogP contribution in [0.3, 0.4) is 0 Å². The molecule has 17 heavy (non-hydrogen) atoms. The lowest BCUT2D eigenvalue weighted by Gasteiger charge is -2.04. The molecule has 0 amide bonds. The Kier molecular flexibility index (Phi) is 2.66. The maximum Gasteiger partial charge on any atom is 0.179 e. The third-order valence-corrected chi connectivity index (χ3v) is 3.74. The molecule has 2 aromatic heterocycles. The van der Waals surface area contributed by atoms with Gasteiger partial charge in [-0.05, 0) is 23.6 Å². The van der Waals surface area contributed by atoms with Crippen molar-refractivity contribution >= 4 is 22.9 Å². The van der Waals surface area contributed by atoms with Crippen LogP contribution in [0.1, 0.15) is 0 Å². The van der Waals surface area contributed by atoms with Gasteiger partial charge >= 0.3 is 0 Å². The Balaban J connectivity index is 2.16. The van der Waals surface area contributed by atoms with Gasteiger partial charge in [-0.1, -0.05) is 29.8 Å². The van der Waals surface area contributed by atoms with Gasteiger partial charge in [0.15, 0.2) is 5.82 Å². The van der Waals surface area contributed by atoms with Crippen LogP contribution >= 0.6 is 22.9 Å². The monoisotopic (exact) mass is 261 g/mol. The van der Waals surface area contributed by atoms with E-state index in [2.05, 4.69) is 10.2 Å². The minimum atomic E-state index is 0.709. The largest absolute Gasteiger partial charge is 0.281 e. The molecule has 3 nitrogen and oxygen atoms in total. The van der Waals surface area contributed by atoms with Crippen molar-refractivity contribution in [2.75, 3.05) is 0 Å². The Hall–Kier alpha value is -1.65. The third kappa shape index (κ3) is 1.85. The van der Waals surface area contributed by atoms with Gasteiger partial charge in [-0.15, -0.1) is 21.5 Å². The molecule has 0 atom stereocenters. The SMILES string of the molecule is Clc1ccsc1-c1nncn1-c1ccccc1. The normalized spacial score (nSPS) is 10.6. The fraction of sp³-hybridized carbons (Fsp3) is 0. The second-order valence-corrected chi connectivity index (χ2v) is 4.78. The Morgan fingerprint density at radius 3 is 2.65 bits per heavy atom. The first-order chi connectivity index (χ1) is 8.36. The van der Waals surface area contributed by atoms with Crippen LogP contribution in [0.15, 0.2) is 48.1 Å². The van der Waals surface area contributed by atoms with E-state index in [0.29, 0.717) is 5.02 Å². The summed E-state index contributed by atoms with van der Waals surface area (Å²) in [5, 5.41) is 10.7. The third-order valence-electron chi connectivity index (χ3n) is 2.40. The number of hydrogen-bond donors (Lipinski definition) is 0. The van der Waals surface area contributed by atoms with E-state index in [1.807, 2.05) is 46.3 Å². The minimum absolute atomic E-state index is 0.709. The molecule has 0 bridgehead atoms. The molecule has 0 radical (unpaired) electrons. The molecular weight excluding hydrogens is 254 g/mol. The molecule has 0 fully saturated rings. The molecule has 0 saturated heterocycles. The van der Waals surface area contributed by atoms with Gasteiger partial charge < -0.3 is 0 Å². The summed E-state index contributed by atoms with van der Waals surface area (Å²) in [6, 6.07) is 11.8. The van der Waals surface area contributed by atoms with Crippen LogP contribution in [0.2, 0.25) is 5.02 Å². The van der Waals surface area contributed by atoms with E-state index in [4.69, 9.17) is 11.6 Å². The quantitative estimate of drug-likeness (QED) is 0.705. The Morgan fingerprint density at radius 2 is 1.94 bits per heavy atom. The van der Waals surface area contributed by atoms with Crippen molar-refractivity contribution in [2.45, 2.75) is 0 Å². The van der Waals surface area contributed by atoms with Gasteiger partial charge in [0.25, 0.3) is 0 Å². The summed E-state index contributed by atoms with van der Waals surface area (Å²) in [6.45, 7) is 0. The van der Waals surface area contributed by atoms with E-state index in [9.17, 15) is 0 Å². The molecule has 0 N–H and O–H groups in total. The number of rotatable bonds is 2. The fourth-order valence-electron chi connectivity index (χ4n) is 1.62. The Bertz CT molecular complexity index is 630. The van der Waals surface area contributed by atoms with Crippen LogP contribution in [0, 0.1) is 0 Å². The van der Waals surface area contributed by atoms with Crippen LogP contribution in [0.5, 0.6) is 0 Å². The summed E-state index contributed by atoms with van der Waals surface area (Å²) in [6.07, 6.45) is 1.70. The molecule has 2 heterocycles. The van der Waals surface area contributed by atoms with Crippen LogP contribution < -0.4 is 0 Å². The highest BCUT2D eigenvalue weighted by molar-refractivity contribution is 7.14. The molecule has 3 rings (SSSR count). The summed E-state index contributed by atoms with van der Waals surface area (Å²) < 4.78 is 1.93.